The lowest BCUT2D eigenvalue weighted by molar-refractivity contribution is -0.120. The van der Waals surface area contributed by atoms with Gasteiger partial charge in [-0.2, -0.15) is 5.26 Å². The van der Waals surface area contributed by atoms with Gasteiger partial charge in [-0.15, -0.1) is 0 Å². The SMILES string of the molecule is COc1ccc(CN2CCN(CC(=O)N(CCC#N)c3ccccc3)CC2)cc1. The van der Waals surface area contributed by atoms with Crippen LogP contribution in [-0.4, -0.2) is 62.1 Å². The Bertz CT molecular complexity index is 809. The number of benzene rings is 2. The third-order valence-corrected chi connectivity index (χ3v) is 5.21. The highest BCUT2D eigenvalue weighted by Crippen LogP contribution is 2.16. The van der Waals surface area contributed by atoms with Crippen LogP contribution in [0.1, 0.15) is 12.0 Å². The van der Waals surface area contributed by atoms with Gasteiger partial charge in [0.25, 0.3) is 0 Å². The van der Waals surface area contributed by atoms with E-state index in [1.54, 1.807) is 12.0 Å². The van der Waals surface area contributed by atoms with E-state index in [9.17, 15) is 4.79 Å². The normalized spacial score (nSPS) is 14.9. The van der Waals surface area contributed by atoms with Gasteiger partial charge in [0.2, 0.25) is 5.91 Å². The first-order valence-electron chi connectivity index (χ1n) is 9.99. The maximum Gasteiger partial charge on any atom is 0.241 e. The fourth-order valence-corrected chi connectivity index (χ4v) is 3.54. The summed E-state index contributed by atoms with van der Waals surface area (Å²) in [6.07, 6.45) is 0.330. The summed E-state index contributed by atoms with van der Waals surface area (Å²) in [6, 6.07) is 19.9. The minimum absolute atomic E-state index is 0.0510. The molecule has 0 bridgehead atoms. The average Bonchev–Trinajstić information content (AvgIpc) is 2.77. The molecule has 6 heteroatoms. The highest BCUT2D eigenvalue weighted by Gasteiger charge is 2.22. The molecule has 0 atom stereocenters. The van der Waals surface area contributed by atoms with Crippen molar-refractivity contribution in [2.24, 2.45) is 0 Å². The van der Waals surface area contributed by atoms with Gasteiger partial charge in [0.05, 0.1) is 26.1 Å². The summed E-state index contributed by atoms with van der Waals surface area (Å²) in [5.74, 6) is 0.923. The maximum absolute atomic E-state index is 12.9. The molecule has 6 nitrogen and oxygen atoms in total. The topological polar surface area (TPSA) is 59.8 Å². The smallest absolute Gasteiger partial charge is 0.241 e. The van der Waals surface area contributed by atoms with Crippen molar-refractivity contribution in [3.8, 4) is 11.8 Å². The minimum atomic E-state index is 0.0510. The molecule has 1 heterocycles. The van der Waals surface area contributed by atoms with Gasteiger partial charge in [0.1, 0.15) is 5.75 Å². The van der Waals surface area contributed by atoms with Gasteiger partial charge in [-0.1, -0.05) is 30.3 Å². The van der Waals surface area contributed by atoms with E-state index in [1.807, 2.05) is 42.5 Å². The molecule has 2 aromatic carbocycles. The van der Waals surface area contributed by atoms with E-state index in [2.05, 4.69) is 28.0 Å². The summed E-state index contributed by atoms with van der Waals surface area (Å²) in [7, 11) is 1.68. The Labute approximate surface area is 172 Å². The molecule has 1 amide bonds. The molecule has 0 N–H and O–H groups in total. The fourth-order valence-electron chi connectivity index (χ4n) is 3.54. The summed E-state index contributed by atoms with van der Waals surface area (Å²) in [6.45, 7) is 5.31. The Balaban J connectivity index is 1.50. The number of nitriles is 1. The van der Waals surface area contributed by atoms with Crippen molar-refractivity contribution in [3.05, 3.63) is 60.2 Å². The Morgan fingerprint density at radius 3 is 2.31 bits per heavy atom. The van der Waals surface area contributed by atoms with Gasteiger partial charge in [-0.05, 0) is 29.8 Å². The fraction of sp³-hybridized carbons (Fsp3) is 0.391. The van der Waals surface area contributed by atoms with Crippen molar-refractivity contribution in [2.45, 2.75) is 13.0 Å². The first-order chi connectivity index (χ1) is 14.2. The number of carbonyl (C=O) groups is 1. The molecule has 1 aliphatic heterocycles. The molecular formula is C23H28N4O2. The van der Waals surface area contributed by atoms with Crippen LogP contribution < -0.4 is 9.64 Å². The number of ether oxygens (including phenoxy) is 1. The Hall–Kier alpha value is -2.88. The summed E-state index contributed by atoms with van der Waals surface area (Å²) >= 11 is 0. The van der Waals surface area contributed by atoms with Gasteiger partial charge >= 0.3 is 0 Å². The lowest BCUT2D eigenvalue weighted by Crippen LogP contribution is -2.50. The molecule has 0 saturated carbocycles. The second-order valence-electron chi connectivity index (χ2n) is 7.19. The van der Waals surface area contributed by atoms with Crippen LogP contribution in [0.2, 0.25) is 0 Å². The zero-order valence-corrected chi connectivity index (χ0v) is 17.0. The largest absolute Gasteiger partial charge is 0.497 e. The van der Waals surface area contributed by atoms with Crippen LogP contribution in [0.15, 0.2) is 54.6 Å². The van der Waals surface area contributed by atoms with Crippen molar-refractivity contribution >= 4 is 11.6 Å². The minimum Gasteiger partial charge on any atom is -0.497 e. The molecule has 152 valence electrons. The number of amides is 1. The molecule has 1 saturated heterocycles. The van der Waals surface area contributed by atoms with E-state index >= 15 is 0 Å². The summed E-state index contributed by atoms with van der Waals surface area (Å²) in [5, 5.41) is 8.93. The average molecular weight is 393 g/mol. The predicted molar refractivity (Wildman–Crippen MR) is 114 cm³/mol. The van der Waals surface area contributed by atoms with E-state index in [1.165, 1.54) is 5.56 Å². The number of hydrogen-bond acceptors (Lipinski definition) is 5. The molecule has 0 unspecified atom stereocenters. The van der Waals surface area contributed by atoms with Gasteiger partial charge < -0.3 is 9.64 Å². The zero-order valence-electron chi connectivity index (χ0n) is 17.0. The number of rotatable bonds is 8. The van der Waals surface area contributed by atoms with Crippen LogP contribution in [0.4, 0.5) is 5.69 Å². The highest BCUT2D eigenvalue weighted by molar-refractivity contribution is 5.94. The number of nitrogens with zero attached hydrogens (tertiary/aromatic N) is 4. The number of carbonyl (C=O) groups excluding carboxylic acids is 1. The van der Waals surface area contributed by atoms with Gasteiger partial charge in [0.15, 0.2) is 0 Å². The van der Waals surface area contributed by atoms with E-state index < -0.39 is 0 Å². The van der Waals surface area contributed by atoms with E-state index in [-0.39, 0.29) is 5.91 Å². The summed E-state index contributed by atoms with van der Waals surface area (Å²) in [5.41, 5.74) is 2.12. The summed E-state index contributed by atoms with van der Waals surface area (Å²) < 4.78 is 5.21. The predicted octanol–water partition coefficient (Wildman–Crippen LogP) is 2.76. The molecule has 2 aromatic rings. The van der Waals surface area contributed by atoms with Crippen molar-refractivity contribution in [1.82, 2.24) is 9.80 Å². The molecule has 0 spiro atoms. The first kappa shape index (κ1) is 20.8. The molecule has 0 radical (unpaired) electrons. The third kappa shape index (κ3) is 6.05. The Kier molecular flexibility index (Phi) is 7.62. The lowest BCUT2D eigenvalue weighted by Gasteiger charge is -2.35. The highest BCUT2D eigenvalue weighted by atomic mass is 16.5. The van der Waals surface area contributed by atoms with Crippen LogP contribution in [0.25, 0.3) is 0 Å². The third-order valence-electron chi connectivity index (χ3n) is 5.21. The van der Waals surface area contributed by atoms with Gasteiger partial charge in [-0.3, -0.25) is 14.6 Å². The molecule has 1 aliphatic rings. The number of piperazine rings is 1. The first-order valence-corrected chi connectivity index (χ1v) is 9.99. The number of para-hydroxylation sites is 1. The monoisotopic (exact) mass is 392 g/mol. The van der Waals surface area contributed by atoms with Crippen LogP contribution in [-0.2, 0) is 11.3 Å². The maximum atomic E-state index is 12.9. The van der Waals surface area contributed by atoms with Crippen molar-refractivity contribution < 1.29 is 9.53 Å². The quantitative estimate of drug-likeness (QED) is 0.691. The second-order valence-corrected chi connectivity index (χ2v) is 7.19. The van der Waals surface area contributed by atoms with Gasteiger partial charge in [0, 0.05) is 45.0 Å². The Morgan fingerprint density at radius 2 is 1.69 bits per heavy atom. The van der Waals surface area contributed by atoms with Crippen LogP contribution in [0.5, 0.6) is 5.75 Å². The van der Waals surface area contributed by atoms with Crippen molar-refractivity contribution in [1.29, 1.82) is 5.26 Å². The lowest BCUT2D eigenvalue weighted by atomic mass is 10.2. The van der Waals surface area contributed by atoms with Gasteiger partial charge in [-0.25, -0.2) is 0 Å². The molecule has 0 aliphatic carbocycles. The number of anilines is 1. The second kappa shape index (κ2) is 10.6. The van der Waals surface area contributed by atoms with E-state index in [0.717, 1.165) is 44.2 Å². The summed E-state index contributed by atoms with van der Waals surface area (Å²) in [4.78, 5) is 19.2. The van der Waals surface area contributed by atoms with Crippen LogP contribution >= 0.6 is 0 Å². The molecular weight excluding hydrogens is 364 g/mol. The standard InChI is InChI=1S/C23H28N4O2/c1-29-22-10-8-20(9-11-22)18-25-14-16-26(17-15-25)19-23(28)27(13-5-12-24)21-6-3-2-4-7-21/h2-4,6-11H,5,13-19H2,1H3. The molecule has 29 heavy (non-hydrogen) atoms. The van der Waals surface area contributed by atoms with E-state index in [0.29, 0.717) is 19.5 Å². The molecule has 1 fully saturated rings. The molecule has 0 aromatic heterocycles. The van der Waals surface area contributed by atoms with Crippen LogP contribution in [0, 0.1) is 11.3 Å². The Morgan fingerprint density at radius 1 is 1.03 bits per heavy atom. The van der Waals surface area contributed by atoms with Crippen LogP contribution in [0.3, 0.4) is 0 Å². The molecule has 3 rings (SSSR count). The number of methoxy groups -OCH3 is 1. The number of hydrogen-bond donors (Lipinski definition) is 0. The zero-order chi connectivity index (χ0) is 20.5. The van der Waals surface area contributed by atoms with E-state index in [4.69, 9.17) is 10.00 Å². The van der Waals surface area contributed by atoms with Crippen molar-refractivity contribution in [2.75, 3.05) is 51.3 Å². The van der Waals surface area contributed by atoms with Crippen molar-refractivity contribution in [3.63, 3.8) is 0 Å².